The topological polar surface area (TPSA) is 22.1 Å². The summed E-state index contributed by atoms with van der Waals surface area (Å²) in [7, 11) is 0. The van der Waals surface area contributed by atoms with Crippen molar-refractivity contribution in [3.05, 3.63) is 70.9 Å². The van der Waals surface area contributed by atoms with Crippen molar-refractivity contribution in [3.63, 3.8) is 0 Å². The summed E-state index contributed by atoms with van der Waals surface area (Å²) in [5.74, 6) is 0.907. The predicted molar refractivity (Wildman–Crippen MR) is 86.9 cm³/mol. The summed E-state index contributed by atoms with van der Waals surface area (Å²) >= 11 is 6.25. The van der Waals surface area contributed by atoms with Crippen LogP contribution in [0.5, 0.6) is 5.75 Å². The molecule has 2 nitrogen and oxygen atoms in total. The molecule has 3 aromatic rings. The van der Waals surface area contributed by atoms with Gasteiger partial charge in [-0.1, -0.05) is 54.9 Å². The Morgan fingerprint density at radius 1 is 1.00 bits per heavy atom. The third kappa shape index (κ3) is 3.01. The maximum Gasteiger partial charge on any atom is 0.136 e. The molecule has 2 aromatic carbocycles. The van der Waals surface area contributed by atoms with Gasteiger partial charge in [-0.15, -0.1) is 0 Å². The minimum Gasteiger partial charge on any atom is -0.489 e. The quantitative estimate of drug-likeness (QED) is 0.630. The third-order valence-electron chi connectivity index (χ3n) is 3.49. The van der Waals surface area contributed by atoms with Gasteiger partial charge in [-0.05, 0) is 30.2 Å². The lowest BCUT2D eigenvalue weighted by molar-refractivity contribution is 0.303. The number of fused-ring (bicyclic) bond motifs is 1. The van der Waals surface area contributed by atoms with Crippen molar-refractivity contribution in [1.29, 1.82) is 0 Å². The summed E-state index contributed by atoms with van der Waals surface area (Å²) < 4.78 is 5.92. The molecule has 0 saturated heterocycles. The van der Waals surface area contributed by atoms with Gasteiger partial charge in [0.2, 0.25) is 0 Å². The number of para-hydroxylation sites is 2. The van der Waals surface area contributed by atoms with Crippen LogP contribution in [-0.2, 0) is 13.0 Å². The SMILES string of the molecule is CCc1ccccc1OCc1cc2ccccc2nc1Cl. The molecule has 3 heteroatoms. The zero-order chi connectivity index (χ0) is 14.7. The first-order valence-electron chi connectivity index (χ1n) is 7.03. The Labute approximate surface area is 129 Å². The fraction of sp³-hybridized carbons (Fsp3) is 0.167. The number of ether oxygens (including phenoxy) is 1. The van der Waals surface area contributed by atoms with Gasteiger partial charge in [0.1, 0.15) is 17.5 Å². The van der Waals surface area contributed by atoms with Crippen molar-refractivity contribution < 1.29 is 4.74 Å². The third-order valence-corrected chi connectivity index (χ3v) is 3.81. The van der Waals surface area contributed by atoms with E-state index in [4.69, 9.17) is 16.3 Å². The molecule has 0 fully saturated rings. The van der Waals surface area contributed by atoms with Gasteiger partial charge in [0.25, 0.3) is 0 Å². The van der Waals surface area contributed by atoms with E-state index in [0.29, 0.717) is 11.8 Å². The van der Waals surface area contributed by atoms with Gasteiger partial charge >= 0.3 is 0 Å². The van der Waals surface area contributed by atoms with Crippen LogP contribution in [0, 0.1) is 0 Å². The summed E-state index contributed by atoms with van der Waals surface area (Å²) in [6.45, 7) is 2.54. The van der Waals surface area contributed by atoms with E-state index in [1.165, 1.54) is 5.56 Å². The zero-order valence-electron chi connectivity index (χ0n) is 11.8. The van der Waals surface area contributed by atoms with Crippen molar-refractivity contribution >= 4 is 22.5 Å². The van der Waals surface area contributed by atoms with E-state index in [2.05, 4.69) is 18.0 Å². The Balaban J connectivity index is 1.86. The normalized spacial score (nSPS) is 10.8. The maximum absolute atomic E-state index is 6.25. The largest absolute Gasteiger partial charge is 0.489 e. The maximum atomic E-state index is 6.25. The molecule has 0 N–H and O–H groups in total. The number of aryl methyl sites for hydroxylation is 1. The molecule has 0 bridgehead atoms. The highest BCUT2D eigenvalue weighted by molar-refractivity contribution is 6.30. The number of aromatic nitrogens is 1. The molecule has 3 rings (SSSR count). The van der Waals surface area contributed by atoms with E-state index >= 15 is 0 Å². The van der Waals surface area contributed by atoms with Gasteiger partial charge in [-0.2, -0.15) is 0 Å². The number of rotatable bonds is 4. The second-order valence-corrected chi connectivity index (χ2v) is 5.24. The number of hydrogen-bond donors (Lipinski definition) is 0. The van der Waals surface area contributed by atoms with Crippen LogP contribution < -0.4 is 4.74 Å². The lowest BCUT2D eigenvalue weighted by Crippen LogP contribution is -2.00. The van der Waals surface area contributed by atoms with E-state index in [0.717, 1.165) is 28.6 Å². The molecule has 0 aliphatic carbocycles. The first-order chi connectivity index (χ1) is 10.3. The summed E-state index contributed by atoms with van der Waals surface area (Å²) in [5, 5.41) is 1.58. The smallest absolute Gasteiger partial charge is 0.136 e. The molecule has 0 radical (unpaired) electrons. The minimum absolute atomic E-state index is 0.424. The lowest BCUT2D eigenvalue weighted by atomic mass is 10.1. The van der Waals surface area contributed by atoms with Crippen molar-refractivity contribution in [2.45, 2.75) is 20.0 Å². The molecule has 0 unspecified atom stereocenters. The van der Waals surface area contributed by atoms with Gasteiger partial charge in [-0.3, -0.25) is 0 Å². The highest BCUT2D eigenvalue weighted by Crippen LogP contribution is 2.24. The highest BCUT2D eigenvalue weighted by atomic mass is 35.5. The molecule has 0 amide bonds. The van der Waals surface area contributed by atoms with Crippen LogP contribution in [0.4, 0.5) is 0 Å². The molecule has 0 saturated carbocycles. The second kappa shape index (κ2) is 6.15. The number of benzene rings is 2. The van der Waals surface area contributed by atoms with Gasteiger partial charge in [0, 0.05) is 10.9 Å². The Morgan fingerprint density at radius 3 is 2.62 bits per heavy atom. The number of halogens is 1. The molecule has 0 aliphatic rings. The Morgan fingerprint density at radius 2 is 1.76 bits per heavy atom. The number of nitrogens with zero attached hydrogens (tertiary/aromatic N) is 1. The molecule has 0 atom stereocenters. The first-order valence-corrected chi connectivity index (χ1v) is 7.40. The van der Waals surface area contributed by atoms with E-state index in [9.17, 15) is 0 Å². The Hall–Kier alpha value is -2.06. The van der Waals surface area contributed by atoms with Crippen LogP contribution in [0.3, 0.4) is 0 Å². The molecule has 1 aromatic heterocycles. The molecule has 0 spiro atoms. The molecule has 106 valence electrons. The molecule has 21 heavy (non-hydrogen) atoms. The van der Waals surface area contributed by atoms with Crippen LogP contribution in [0.2, 0.25) is 5.15 Å². The average Bonchev–Trinajstić information content (AvgIpc) is 2.53. The van der Waals surface area contributed by atoms with Gasteiger partial charge < -0.3 is 4.74 Å². The zero-order valence-corrected chi connectivity index (χ0v) is 12.6. The van der Waals surface area contributed by atoms with Crippen molar-refractivity contribution in [2.75, 3.05) is 0 Å². The molecule has 0 aliphatic heterocycles. The monoisotopic (exact) mass is 297 g/mol. The highest BCUT2D eigenvalue weighted by Gasteiger charge is 2.07. The predicted octanol–water partition coefficient (Wildman–Crippen LogP) is 5.03. The van der Waals surface area contributed by atoms with Gasteiger partial charge in [0.15, 0.2) is 0 Å². The van der Waals surface area contributed by atoms with Crippen molar-refractivity contribution in [3.8, 4) is 5.75 Å². The van der Waals surface area contributed by atoms with E-state index in [-0.39, 0.29) is 0 Å². The summed E-state index contributed by atoms with van der Waals surface area (Å²) in [6, 6.07) is 18.1. The minimum atomic E-state index is 0.424. The van der Waals surface area contributed by atoms with E-state index < -0.39 is 0 Å². The fourth-order valence-corrected chi connectivity index (χ4v) is 2.53. The van der Waals surface area contributed by atoms with Crippen LogP contribution in [0.15, 0.2) is 54.6 Å². The Kier molecular flexibility index (Phi) is 4.07. The average molecular weight is 298 g/mol. The number of hydrogen-bond acceptors (Lipinski definition) is 2. The summed E-state index contributed by atoms with van der Waals surface area (Å²) in [6.07, 6.45) is 0.944. The van der Waals surface area contributed by atoms with Crippen LogP contribution in [-0.4, -0.2) is 4.98 Å². The first kappa shape index (κ1) is 13.9. The van der Waals surface area contributed by atoms with Crippen molar-refractivity contribution in [1.82, 2.24) is 4.98 Å². The van der Waals surface area contributed by atoms with Crippen LogP contribution in [0.1, 0.15) is 18.1 Å². The van der Waals surface area contributed by atoms with Gasteiger partial charge in [0.05, 0.1) is 5.52 Å². The fourth-order valence-electron chi connectivity index (χ4n) is 2.33. The Bertz CT molecular complexity index is 770. The van der Waals surface area contributed by atoms with E-state index in [1.54, 1.807) is 0 Å². The van der Waals surface area contributed by atoms with Crippen molar-refractivity contribution in [2.24, 2.45) is 0 Å². The molecule has 1 heterocycles. The summed E-state index contributed by atoms with van der Waals surface area (Å²) in [4.78, 5) is 4.42. The summed E-state index contributed by atoms with van der Waals surface area (Å²) in [5.41, 5.74) is 3.00. The number of pyridine rings is 1. The standard InChI is InChI=1S/C18H16ClNO/c1-2-13-7-4-6-10-17(13)21-12-15-11-14-8-3-5-9-16(14)20-18(15)19/h3-11H,2,12H2,1H3. The van der Waals surface area contributed by atoms with Crippen LogP contribution in [0.25, 0.3) is 10.9 Å². The van der Waals surface area contributed by atoms with E-state index in [1.807, 2.05) is 48.5 Å². The van der Waals surface area contributed by atoms with Gasteiger partial charge in [-0.25, -0.2) is 4.98 Å². The molecular formula is C18H16ClNO. The second-order valence-electron chi connectivity index (χ2n) is 4.88. The molecular weight excluding hydrogens is 282 g/mol. The lowest BCUT2D eigenvalue weighted by Gasteiger charge is -2.11. The van der Waals surface area contributed by atoms with Crippen LogP contribution >= 0.6 is 11.6 Å².